The number of ketones is 1. The molecule has 0 bridgehead atoms. The summed E-state index contributed by atoms with van der Waals surface area (Å²) in [6.45, 7) is 3.83. The van der Waals surface area contributed by atoms with E-state index >= 15 is 0 Å². The van der Waals surface area contributed by atoms with Crippen LogP contribution in [0.3, 0.4) is 0 Å². The van der Waals surface area contributed by atoms with Crippen molar-refractivity contribution in [2.45, 2.75) is 13.8 Å². The van der Waals surface area contributed by atoms with E-state index in [-0.39, 0.29) is 11.7 Å². The highest BCUT2D eigenvalue weighted by atomic mass is 16.2. The minimum atomic E-state index is -0.363. The summed E-state index contributed by atoms with van der Waals surface area (Å²) in [4.78, 5) is 26.2. The standard InChI is InChI=1S/C23H19N5O2/c1-15-10-11-16(2)21(12-15)22(29)19-8-3-4-9-20(19)23(30)25-17-6-5-7-18(13-17)28-14-24-26-27-28/h3-14H,1-2H3,(H,25,30). The summed E-state index contributed by atoms with van der Waals surface area (Å²) in [5.74, 6) is -0.539. The SMILES string of the molecule is Cc1ccc(C)c(C(=O)c2ccccc2C(=O)Nc2cccc(-n3cnnn3)c2)c1. The van der Waals surface area contributed by atoms with Crippen molar-refractivity contribution in [2.24, 2.45) is 0 Å². The molecule has 3 aromatic carbocycles. The molecule has 7 heteroatoms. The minimum absolute atomic E-state index is 0.176. The van der Waals surface area contributed by atoms with Crippen molar-refractivity contribution >= 4 is 17.4 Å². The first-order valence-corrected chi connectivity index (χ1v) is 9.39. The zero-order valence-electron chi connectivity index (χ0n) is 16.5. The summed E-state index contributed by atoms with van der Waals surface area (Å²) in [5, 5.41) is 13.9. The van der Waals surface area contributed by atoms with Crippen LogP contribution >= 0.6 is 0 Å². The van der Waals surface area contributed by atoms with Gasteiger partial charge in [0, 0.05) is 16.8 Å². The molecule has 1 aromatic heterocycles. The molecule has 0 aliphatic carbocycles. The van der Waals surface area contributed by atoms with Crippen LogP contribution in [0.5, 0.6) is 0 Å². The van der Waals surface area contributed by atoms with E-state index in [9.17, 15) is 9.59 Å². The molecule has 4 rings (SSSR count). The molecule has 1 heterocycles. The van der Waals surface area contributed by atoms with E-state index in [0.29, 0.717) is 28.1 Å². The van der Waals surface area contributed by atoms with Crippen LogP contribution in [0.25, 0.3) is 5.69 Å². The van der Waals surface area contributed by atoms with E-state index in [1.165, 1.54) is 11.0 Å². The fourth-order valence-corrected chi connectivity index (χ4v) is 3.21. The third-order valence-electron chi connectivity index (χ3n) is 4.77. The Bertz CT molecular complexity index is 1230. The second-order valence-corrected chi connectivity index (χ2v) is 6.95. The number of carbonyl (C=O) groups is 2. The lowest BCUT2D eigenvalue weighted by atomic mass is 9.94. The van der Waals surface area contributed by atoms with Gasteiger partial charge in [0.25, 0.3) is 5.91 Å². The number of hydrogen-bond acceptors (Lipinski definition) is 5. The smallest absolute Gasteiger partial charge is 0.256 e. The van der Waals surface area contributed by atoms with Crippen molar-refractivity contribution in [1.29, 1.82) is 0 Å². The number of amides is 1. The average Bonchev–Trinajstić information content (AvgIpc) is 3.30. The predicted molar refractivity (Wildman–Crippen MR) is 113 cm³/mol. The second-order valence-electron chi connectivity index (χ2n) is 6.95. The Balaban J connectivity index is 1.64. The lowest BCUT2D eigenvalue weighted by molar-refractivity contribution is 0.0996. The van der Waals surface area contributed by atoms with Crippen molar-refractivity contribution in [3.05, 3.63) is 101 Å². The molecule has 0 atom stereocenters. The molecule has 0 unspecified atom stereocenters. The maximum absolute atomic E-state index is 13.2. The molecule has 0 aliphatic heterocycles. The highest BCUT2D eigenvalue weighted by molar-refractivity contribution is 6.18. The van der Waals surface area contributed by atoms with E-state index in [0.717, 1.165) is 11.1 Å². The van der Waals surface area contributed by atoms with Crippen molar-refractivity contribution in [1.82, 2.24) is 20.2 Å². The molecule has 4 aromatic rings. The topological polar surface area (TPSA) is 89.8 Å². The first-order chi connectivity index (χ1) is 14.5. The van der Waals surface area contributed by atoms with Crippen LogP contribution in [0.2, 0.25) is 0 Å². The summed E-state index contributed by atoms with van der Waals surface area (Å²) in [6.07, 6.45) is 1.47. The lowest BCUT2D eigenvalue weighted by Gasteiger charge is -2.12. The van der Waals surface area contributed by atoms with Crippen LogP contribution in [0, 0.1) is 13.8 Å². The van der Waals surface area contributed by atoms with E-state index in [4.69, 9.17) is 0 Å². The number of aromatic nitrogens is 4. The number of nitrogens with zero attached hydrogens (tertiary/aromatic N) is 4. The van der Waals surface area contributed by atoms with Gasteiger partial charge in [-0.15, -0.1) is 5.10 Å². The van der Waals surface area contributed by atoms with Crippen LogP contribution in [-0.2, 0) is 0 Å². The number of aryl methyl sites for hydroxylation is 2. The molecular weight excluding hydrogens is 378 g/mol. The normalized spacial score (nSPS) is 10.6. The molecule has 1 N–H and O–H groups in total. The third kappa shape index (κ3) is 3.86. The van der Waals surface area contributed by atoms with E-state index in [2.05, 4.69) is 20.8 Å². The van der Waals surface area contributed by atoms with Crippen molar-refractivity contribution in [3.8, 4) is 5.69 Å². The summed E-state index contributed by atoms with van der Waals surface area (Å²) in [6, 6.07) is 19.7. The van der Waals surface area contributed by atoms with E-state index in [1.807, 2.05) is 38.1 Å². The zero-order chi connectivity index (χ0) is 21.1. The Labute approximate surface area is 173 Å². The first-order valence-electron chi connectivity index (χ1n) is 9.39. The van der Waals surface area contributed by atoms with Gasteiger partial charge in [-0.3, -0.25) is 9.59 Å². The monoisotopic (exact) mass is 397 g/mol. The number of benzene rings is 3. The van der Waals surface area contributed by atoms with Crippen LogP contribution < -0.4 is 5.32 Å². The molecule has 0 aliphatic rings. The summed E-state index contributed by atoms with van der Waals surface area (Å²) in [7, 11) is 0. The molecule has 30 heavy (non-hydrogen) atoms. The van der Waals surface area contributed by atoms with Gasteiger partial charge in [-0.1, -0.05) is 42.0 Å². The number of carbonyl (C=O) groups excluding carboxylic acids is 2. The molecule has 0 saturated carbocycles. The fraction of sp³-hybridized carbons (Fsp3) is 0.0870. The van der Waals surface area contributed by atoms with Gasteiger partial charge in [0.05, 0.1) is 11.3 Å². The van der Waals surface area contributed by atoms with Gasteiger partial charge in [-0.2, -0.15) is 0 Å². The molecule has 0 saturated heterocycles. The van der Waals surface area contributed by atoms with Crippen molar-refractivity contribution in [2.75, 3.05) is 5.32 Å². The second kappa shape index (κ2) is 8.08. The minimum Gasteiger partial charge on any atom is -0.322 e. The van der Waals surface area contributed by atoms with Gasteiger partial charge in [-0.05, 0) is 60.2 Å². The highest BCUT2D eigenvalue weighted by Crippen LogP contribution is 2.21. The number of rotatable bonds is 5. The molecule has 148 valence electrons. The highest BCUT2D eigenvalue weighted by Gasteiger charge is 2.19. The number of tetrazole rings is 1. The van der Waals surface area contributed by atoms with Crippen LogP contribution in [-0.4, -0.2) is 31.9 Å². The van der Waals surface area contributed by atoms with Crippen molar-refractivity contribution < 1.29 is 9.59 Å². The van der Waals surface area contributed by atoms with Gasteiger partial charge >= 0.3 is 0 Å². The Morgan fingerprint density at radius 3 is 2.43 bits per heavy atom. The quantitative estimate of drug-likeness (QED) is 0.518. The molecular formula is C23H19N5O2. The lowest BCUT2D eigenvalue weighted by Crippen LogP contribution is -2.17. The van der Waals surface area contributed by atoms with Gasteiger partial charge in [0.2, 0.25) is 0 Å². The number of hydrogen-bond donors (Lipinski definition) is 1. The van der Waals surface area contributed by atoms with Gasteiger partial charge in [0.15, 0.2) is 5.78 Å². The number of anilines is 1. The molecule has 0 fully saturated rings. The first kappa shape index (κ1) is 19.2. The molecule has 0 radical (unpaired) electrons. The Morgan fingerprint density at radius 2 is 1.67 bits per heavy atom. The Kier molecular flexibility index (Phi) is 5.17. The van der Waals surface area contributed by atoms with Gasteiger partial charge in [0.1, 0.15) is 6.33 Å². The number of nitrogens with one attached hydrogen (secondary N) is 1. The largest absolute Gasteiger partial charge is 0.322 e. The van der Waals surface area contributed by atoms with E-state index < -0.39 is 0 Å². The van der Waals surface area contributed by atoms with Crippen LogP contribution in [0.4, 0.5) is 5.69 Å². The summed E-state index contributed by atoms with van der Waals surface area (Å²) >= 11 is 0. The Morgan fingerprint density at radius 1 is 0.867 bits per heavy atom. The van der Waals surface area contributed by atoms with Crippen LogP contribution in [0.1, 0.15) is 37.4 Å². The summed E-state index contributed by atoms with van der Waals surface area (Å²) < 4.78 is 1.49. The molecule has 0 spiro atoms. The fourth-order valence-electron chi connectivity index (χ4n) is 3.21. The molecule has 1 amide bonds. The third-order valence-corrected chi connectivity index (χ3v) is 4.77. The van der Waals surface area contributed by atoms with Gasteiger partial charge in [-0.25, -0.2) is 4.68 Å². The van der Waals surface area contributed by atoms with E-state index in [1.54, 1.807) is 42.5 Å². The maximum Gasteiger partial charge on any atom is 0.256 e. The Hall–Kier alpha value is -4.13. The average molecular weight is 397 g/mol. The van der Waals surface area contributed by atoms with Crippen LogP contribution in [0.15, 0.2) is 73.1 Å². The van der Waals surface area contributed by atoms with Gasteiger partial charge < -0.3 is 5.32 Å². The maximum atomic E-state index is 13.2. The summed E-state index contributed by atoms with van der Waals surface area (Å²) in [5.41, 5.74) is 4.41. The molecule has 7 nitrogen and oxygen atoms in total. The predicted octanol–water partition coefficient (Wildman–Crippen LogP) is 3.76. The zero-order valence-corrected chi connectivity index (χ0v) is 16.5. The van der Waals surface area contributed by atoms with Crippen molar-refractivity contribution in [3.63, 3.8) is 0 Å².